The van der Waals surface area contributed by atoms with Crippen LogP contribution in [-0.2, 0) is 6.54 Å². The third-order valence-corrected chi connectivity index (χ3v) is 4.75. The van der Waals surface area contributed by atoms with Gasteiger partial charge in [0.05, 0.1) is 12.6 Å². The molecule has 0 radical (unpaired) electrons. The zero-order valence-electron chi connectivity index (χ0n) is 14.7. The summed E-state index contributed by atoms with van der Waals surface area (Å²) in [6, 6.07) is 12.4. The van der Waals surface area contributed by atoms with Crippen LogP contribution in [0.2, 0.25) is 0 Å². The summed E-state index contributed by atoms with van der Waals surface area (Å²) in [7, 11) is 8.10. The van der Waals surface area contributed by atoms with Crippen molar-refractivity contribution in [2.24, 2.45) is 0 Å². The van der Waals surface area contributed by atoms with Gasteiger partial charge in [-0.15, -0.1) is 11.3 Å². The topological polar surface area (TPSA) is 47.6 Å². The van der Waals surface area contributed by atoms with E-state index in [1.54, 1.807) is 11.3 Å². The van der Waals surface area contributed by atoms with Gasteiger partial charge in [0.15, 0.2) is 0 Å². The number of thiophene rings is 1. The van der Waals surface area contributed by atoms with Crippen molar-refractivity contribution in [3.63, 3.8) is 0 Å². The molecule has 6 heteroatoms. The monoisotopic (exact) mass is 346 g/mol. The predicted octanol–water partition coefficient (Wildman–Crippen LogP) is 2.92. The van der Waals surface area contributed by atoms with Crippen molar-refractivity contribution in [3.05, 3.63) is 52.2 Å². The average molecular weight is 347 g/mol. The van der Waals surface area contributed by atoms with E-state index in [-0.39, 0.29) is 12.1 Å². The third kappa shape index (κ3) is 5.25. The van der Waals surface area contributed by atoms with Gasteiger partial charge in [0, 0.05) is 31.2 Å². The van der Waals surface area contributed by atoms with E-state index in [1.807, 2.05) is 45.7 Å². The van der Waals surface area contributed by atoms with E-state index in [1.165, 1.54) is 5.56 Å². The summed E-state index contributed by atoms with van der Waals surface area (Å²) < 4.78 is 0. The van der Waals surface area contributed by atoms with Crippen LogP contribution in [-0.4, -0.2) is 45.7 Å². The predicted molar refractivity (Wildman–Crippen MR) is 102 cm³/mol. The molecule has 24 heavy (non-hydrogen) atoms. The summed E-state index contributed by atoms with van der Waals surface area (Å²) in [6.45, 7) is 1.12. The zero-order chi connectivity index (χ0) is 17.5. The van der Waals surface area contributed by atoms with Crippen LogP contribution in [0.25, 0.3) is 0 Å². The quantitative estimate of drug-likeness (QED) is 0.810. The molecular formula is C18H26N4OS. The number of hydrogen-bond acceptors (Lipinski definition) is 4. The molecule has 1 aromatic carbocycles. The highest BCUT2D eigenvalue weighted by molar-refractivity contribution is 7.09. The molecule has 1 heterocycles. The number of benzene rings is 1. The standard InChI is InChI=1S/C18H26N4OS/c1-21(2)15-9-7-14(8-10-15)17(22(3)4)13-20-18(23)19-12-16-6-5-11-24-16/h5-11,17H,12-13H2,1-4H3,(H2,19,20,23). The highest BCUT2D eigenvalue weighted by Crippen LogP contribution is 2.20. The van der Waals surface area contributed by atoms with Gasteiger partial charge in [-0.25, -0.2) is 4.79 Å². The fourth-order valence-electron chi connectivity index (χ4n) is 2.43. The second-order valence-corrected chi connectivity index (χ2v) is 7.14. The minimum atomic E-state index is -0.139. The van der Waals surface area contributed by atoms with E-state index < -0.39 is 0 Å². The van der Waals surface area contributed by atoms with Crippen LogP contribution in [0.1, 0.15) is 16.5 Å². The van der Waals surface area contributed by atoms with Gasteiger partial charge in [0.2, 0.25) is 0 Å². The molecule has 0 spiro atoms. The van der Waals surface area contributed by atoms with Gasteiger partial charge in [-0.3, -0.25) is 0 Å². The molecular weight excluding hydrogens is 320 g/mol. The maximum absolute atomic E-state index is 12.0. The number of nitrogens with one attached hydrogen (secondary N) is 2. The molecule has 1 atom stereocenters. The van der Waals surface area contributed by atoms with Gasteiger partial charge in [-0.1, -0.05) is 18.2 Å². The maximum atomic E-state index is 12.0. The summed E-state index contributed by atoms with van der Waals surface area (Å²) in [5.74, 6) is 0. The highest BCUT2D eigenvalue weighted by Gasteiger charge is 2.15. The van der Waals surface area contributed by atoms with Crippen molar-refractivity contribution in [1.82, 2.24) is 15.5 Å². The normalized spacial score (nSPS) is 12.0. The zero-order valence-corrected chi connectivity index (χ0v) is 15.6. The number of carbonyl (C=O) groups is 1. The lowest BCUT2D eigenvalue weighted by Gasteiger charge is -2.25. The van der Waals surface area contributed by atoms with Crippen molar-refractivity contribution in [2.45, 2.75) is 12.6 Å². The fourth-order valence-corrected chi connectivity index (χ4v) is 3.07. The Morgan fingerprint density at radius 2 is 1.79 bits per heavy atom. The third-order valence-electron chi connectivity index (χ3n) is 3.88. The Hall–Kier alpha value is -2.05. The lowest BCUT2D eigenvalue weighted by Crippen LogP contribution is -2.40. The molecule has 5 nitrogen and oxygen atoms in total. The van der Waals surface area contributed by atoms with Crippen LogP contribution in [0.4, 0.5) is 10.5 Å². The first-order valence-electron chi connectivity index (χ1n) is 7.95. The van der Waals surface area contributed by atoms with E-state index in [4.69, 9.17) is 0 Å². The van der Waals surface area contributed by atoms with E-state index in [0.717, 1.165) is 10.6 Å². The number of urea groups is 1. The number of likely N-dealkylation sites (N-methyl/N-ethyl adjacent to an activating group) is 1. The van der Waals surface area contributed by atoms with Crippen LogP contribution in [0.3, 0.4) is 0 Å². The molecule has 0 aliphatic rings. The van der Waals surface area contributed by atoms with Gasteiger partial charge in [0.25, 0.3) is 0 Å². The van der Waals surface area contributed by atoms with Crippen molar-refractivity contribution in [2.75, 3.05) is 39.6 Å². The number of hydrogen-bond donors (Lipinski definition) is 2. The molecule has 0 saturated heterocycles. The van der Waals surface area contributed by atoms with Crippen molar-refractivity contribution >= 4 is 23.1 Å². The van der Waals surface area contributed by atoms with E-state index in [0.29, 0.717) is 13.1 Å². The summed E-state index contributed by atoms with van der Waals surface area (Å²) in [6.07, 6.45) is 0. The highest BCUT2D eigenvalue weighted by atomic mass is 32.1. The summed E-state index contributed by atoms with van der Waals surface area (Å²) >= 11 is 1.64. The Labute approximate surface area is 148 Å². The smallest absolute Gasteiger partial charge is 0.315 e. The molecule has 1 unspecified atom stereocenters. The molecule has 2 N–H and O–H groups in total. The lowest BCUT2D eigenvalue weighted by atomic mass is 10.1. The molecule has 0 fully saturated rings. The van der Waals surface area contributed by atoms with Gasteiger partial charge in [-0.05, 0) is 43.2 Å². The Balaban J connectivity index is 1.89. The molecule has 1 aromatic heterocycles. The minimum absolute atomic E-state index is 0.133. The Morgan fingerprint density at radius 1 is 1.08 bits per heavy atom. The SMILES string of the molecule is CN(C)c1ccc(C(CNC(=O)NCc2cccs2)N(C)C)cc1. The van der Waals surface area contributed by atoms with Crippen LogP contribution >= 0.6 is 11.3 Å². The van der Waals surface area contributed by atoms with Crippen LogP contribution in [0, 0.1) is 0 Å². The molecule has 0 aliphatic carbocycles. The first-order valence-corrected chi connectivity index (χ1v) is 8.83. The van der Waals surface area contributed by atoms with Crippen LogP contribution in [0.15, 0.2) is 41.8 Å². The van der Waals surface area contributed by atoms with E-state index in [9.17, 15) is 4.79 Å². The molecule has 2 rings (SSSR count). The van der Waals surface area contributed by atoms with E-state index in [2.05, 4.69) is 44.7 Å². The lowest BCUT2D eigenvalue weighted by molar-refractivity contribution is 0.232. The van der Waals surface area contributed by atoms with Crippen molar-refractivity contribution in [3.8, 4) is 0 Å². The molecule has 2 aromatic rings. The van der Waals surface area contributed by atoms with Crippen molar-refractivity contribution in [1.29, 1.82) is 0 Å². The molecule has 0 aliphatic heterocycles. The number of anilines is 1. The van der Waals surface area contributed by atoms with Gasteiger partial charge >= 0.3 is 6.03 Å². The summed E-state index contributed by atoms with van der Waals surface area (Å²) in [4.78, 5) is 17.3. The van der Waals surface area contributed by atoms with E-state index >= 15 is 0 Å². The number of carbonyl (C=O) groups excluding carboxylic acids is 1. The second kappa shape index (κ2) is 8.70. The van der Waals surface area contributed by atoms with Gasteiger partial charge in [0.1, 0.15) is 0 Å². The van der Waals surface area contributed by atoms with Crippen LogP contribution < -0.4 is 15.5 Å². The second-order valence-electron chi connectivity index (χ2n) is 6.11. The Morgan fingerprint density at radius 3 is 2.33 bits per heavy atom. The average Bonchev–Trinajstić information content (AvgIpc) is 3.06. The number of nitrogens with zero attached hydrogens (tertiary/aromatic N) is 2. The number of amides is 2. The minimum Gasteiger partial charge on any atom is -0.378 e. The largest absolute Gasteiger partial charge is 0.378 e. The van der Waals surface area contributed by atoms with Gasteiger partial charge < -0.3 is 20.4 Å². The summed E-state index contributed by atoms with van der Waals surface area (Å²) in [5.41, 5.74) is 2.35. The number of rotatable bonds is 7. The van der Waals surface area contributed by atoms with Gasteiger partial charge in [-0.2, -0.15) is 0 Å². The Bertz CT molecular complexity index is 623. The first-order chi connectivity index (χ1) is 11.5. The molecule has 0 bridgehead atoms. The Kier molecular flexibility index (Phi) is 6.63. The summed E-state index contributed by atoms with van der Waals surface area (Å²) in [5, 5.41) is 7.86. The maximum Gasteiger partial charge on any atom is 0.315 e. The first kappa shape index (κ1) is 18.3. The molecule has 0 saturated carbocycles. The van der Waals surface area contributed by atoms with Crippen molar-refractivity contribution < 1.29 is 4.79 Å². The fraction of sp³-hybridized carbons (Fsp3) is 0.389. The molecule has 130 valence electrons. The van der Waals surface area contributed by atoms with Crippen LogP contribution in [0.5, 0.6) is 0 Å². The molecule has 2 amide bonds.